The van der Waals surface area contributed by atoms with Gasteiger partial charge in [-0.15, -0.1) is 0 Å². The molecule has 0 spiro atoms. The normalized spacial score (nSPS) is 10.6. The zero-order valence-corrected chi connectivity index (χ0v) is 25.1. The van der Waals surface area contributed by atoms with E-state index >= 15 is 0 Å². The number of carbonyl (C=O) groups excluding carboxylic acids is 3. The van der Waals surface area contributed by atoms with Gasteiger partial charge in [0.25, 0.3) is 5.91 Å². The molecule has 1 amide bonds. The third kappa shape index (κ3) is 8.27. The summed E-state index contributed by atoms with van der Waals surface area (Å²) in [7, 11) is 0. The van der Waals surface area contributed by atoms with Gasteiger partial charge in [0.2, 0.25) is 0 Å². The molecule has 0 N–H and O–H groups in total. The van der Waals surface area contributed by atoms with Crippen molar-refractivity contribution in [3.05, 3.63) is 102 Å². The van der Waals surface area contributed by atoms with E-state index in [1.165, 1.54) is 0 Å². The Kier molecular flexibility index (Phi) is 12.2. The van der Waals surface area contributed by atoms with Gasteiger partial charge in [0.15, 0.2) is 0 Å². The first kappa shape index (κ1) is 31.3. The minimum atomic E-state index is -1.60. The Bertz CT molecular complexity index is 1480. The molecule has 1 aromatic heterocycles. The van der Waals surface area contributed by atoms with Crippen LogP contribution in [0.1, 0.15) is 11.1 Å². The van der Waals surface area contributed by atoms with Crippen LogP contribution in [0, 0.1) is 11.8 Å². The molecule has 7 nitrogen and oxygen atoms in total. The van der Waals surface area contributed by atoms with Gasteiger partial charge in [-0.05, 0) is 58.1 Å². The summed E-state index contributed by atoms with van der Waals surface area (Å²) in [5.41, 5.74) is 2.95. The van der Waals surface area contributed by atoms with Crippen LogP contribution >= 0.6 is 0 Å². The number of carboxylic acid groups (broad SMARTS) is 2. The molecule has 0 radical (unpaired) electrons. The van der Waals surface area contributed by atoms with Gasteiger partial charge in [-0.1, -0.05) is 60.5 Å². The molecule has 0 aliphatic carbocycles. The standard InChI is InChI=1S/C29H22N2O5.2Na/c32-27(12-8-20-5-9-22-3-1-2-4-25(22)17-20)31(19-28(33)34)26(29(35)36)18-21-6-10-23(11-7-21)24-13-15-30-16-14-24;;/h1-7,9-11,13-17,26H,18-19H2,(H,33,34)(H,35,36);;/q;2*+1/p-2. The van der Waals surface area contributed by atoms with Gasteiger partial charge in [-0.25, -0.2) is 0 Å². The summed E-state index contributed by atoms with van der Waals surface area (Å²) >= 11 is 0. The molecular weight excluding hydrogens is 502 g/mol. The monoisotopic (exact) mass is 522 g/mol. The van der Waals surface area contributed by atoms with E-state index in [4.69, 9.17) is 0 Å². The molecule has 0 saturated carbocycles. The molecule has 1 heterocycles. The molecule has 1 atom stereocenters. The van der Waals surface area contributed by atoms with Crippen molar-refractivity contribution in [2.24, 2.45) is 0 Å². The molecule has 1 unspecified atom stereocenters. The number of fused-ring (bicyclic) bond motifs is 1. The number of nitrogens with zero attached hydrogens (tertiary/aromatic N) is 2. The van der Waals surface area contributed by atoms with Crippen molar-refractivity contribution in [1.29, 1.82) is 0 Å². The molecule has 4 rings (SSSR count). The van der Waals surface area contributed by atoms with Crippen molar-refractivity contribution >= 4 is 28.6 Å². The molecule has 0 bridgehead atoms. The van der Waals surface area contributed by atoms with E-state index in [1.54, 1.807) is 48.8 Å². The van der Waals surface area contributed by atoms with Crippen molar-refractivity contribution in [2.75, 3.05) is 6.54 Å². The summed E-state index contributed by atoms with van der Waals surface area (Å²) in [6, 6.07) is 22.2. The van der Waals surface area contributed by atoms with Gasteiger partial charge in [-0.3, -0.25) is 9.78 Å². The van der Waals surface area contributed by atoms with Gasteiger partial charge in [-0.2, -0.15) is 0 Å². The summed E-state index contributed by atoms with van der Waals surface area (Å²) in [5, 5.41) is 25.2. The summed E-state index contributed by atoms with van der Waals surface area (Å²) < 4.78 is 0. The first-order valence-corrected chi connectivity index (χ1v) is 11.1. The maximum absolute atomic E-state index is 12.9. The topological polar surface area (TPSA) is 113 Å². The van der Waals surface area contributed by atoms with Crippen LogP contribution in [-0.4, -0.2) is 40.3 Å². The van der Waals surface area contributed by atoms with Crippen LogP contribution < -0.4 is 69.3 Å². The smallest absolute Gasteiger partial charge is 0.548 e. The van der Waals surface area contributed by atoms with Crippen LogP contribution in [0.5, 0.6) is 0 Å². The number of pyridine rings is 1. The van der Waals surface area contributed by atoms with Crippen molar-refractivity contribution in [1.82, 2.24) is 9.88 Å². The average molecular weight is 522 g/mol. The third-order valence-corrected chi connectivity index (χ3v) is 5.67. The summed E-state index contributed by atoms with van der Waals surface area (Å²) in [6.45, 7) is -0.932. The fourth-order valence-electron chi connectivity index (χ4n) is 3.85. The summed E-state index contributed by atoms with van der Waals surface area (Å²) in [6.07, 6.45) is 3.17. The van der Waals surface area contributed by atoms with E-state index in [1.807, 2.05) is 42.5 Å². The number of carboxylic acids is 2. The maximum Gasteiger partial charge on any atom is 1.00 e. The second-order valence-electron chi connectivity index (χ2n) is 8.09. The Balaban J connectivity index is 0.00000253. The molecule has 0 aliphatic rings. The molecule has 9 heteroatoms. The van der Waals surface area contributed by atoms with Crippen molar-refractivity contribution < 1.29 is 83.7 Å². The van der Waals surface area contributed by atoms with Crippen LogP contribution in [0.2, 0.25) is 0 Å². The SMILES string of the molecule is O=C([O-])CN(C(=O)C#Cc1ccc2ccccc2c1)C(Cc1ccc(-c2ccncc2)cc1)C(=O)[O-].[Na+].[Na+]. The predicted molar refractivity (Wildman–Crippen MR) is 130 cm³/mol. The van der Waals surface area contributed by atoms with Crippen LogP contribution in [0.15, 0.2) is 91.3 Å². The number of hydrogen-bond acceptors (Lipinski definition) is 6. The van der Waals surface area contributed by atoms with Crippen molar-refractivity contribution in [3.63, 3.8) is 0 Å². The number of amides is 1. The van der Waals surface area contributed by atoms with Crippen LogP contribution in [0.4, 0.5) is 0 Å². The molecular formula is C29H20N2Na2O5. The number of rotatable bonds is 7. The molecule has 178 valence electrons. The number of carbonyl (C=O) groups is 3. The van der Waals surface area contributed by atoms with Gasteiger partial charge >= 0.3 is 59.1 Å². The number of hydrogen-bond donors (Lipinski definition) is 0. The largest absolute Gasteiger partial charge is 1.00 e. The zero-order chi connectivity index (χ0) is 25.5. The van der Waals surface area contributed by atoms with E-state index in [0.717, 1.165) is 21.9 Å². The fraction of sp³-hybridized carbons (Fsp3) is 0.103. The first-order valence-electron chi connectivity index (χ1n) is 11.1. The van der Waals surface area contributed by atoms with Crippen molar-refractivity contribution in [2.45, 2.75) is 12.5 Å². The van der Waals surface area contributed by atoms with E-state index in [0.29, 0.717) is 16.0 Å². The maximum atomic E-state index is 12.9. The van der Waals surface area contributed by atoms with E-state index in [2.05, 4.69) is 16.8 Å². The Hall–Kier alpha value is -2.96. The van der Waals surface area contributed by atoms with Crippen LogP contribution in [0.25, 0.3) is 21.9 Å². The number of aromatic nitrogens is 1. The Morgan fingerprint density at radius 3 is 2.08 bits per heavy atom. The number of benzene rings is 3. The van der Waals surface area contributed by atoms with E-state index in [9.17, 15) is 24.6 Å². The second kappa shape index (κ2) is 14.8. The fourth-order valence-corrected chi connectivity index (χ4v) is 3.85. The van der Waals surface area contributed by atoms with E-state index < -0.39 is 30.4 Å². The summed E-state index contributed by atoms with van der Waals surface area (Å²) in [5.74, 6) is 0.932. The molecule has 0 fully saturated rings. The van der Waals surface area contributed by atoms with Crippen molar-refractivity contribution in [3.8, 4) is 23.0 Å². The molecule has 3 aromatic carbocycles. The van der Waals surface area contributed by atoms with Crippen LogP contribution in [0.3, 0.4) is 0 Å². The third-order valence-electron chi connectivity index (χ3n) is 5.67. The molecule has 38 heavy (non-hydrogen) atoms. The molecule has 0 saturated heterocycles. The van der Waals surface area contributed by atoms with Crippen LogP contribution in [-0.2, 0) is 20.8 Å². The minimum absolute atomic E-state index is 0. The second-order valence-corrected chi connectivity index (χ2v) is 8.09. The Labute approximate surface area is 264 Å². The van der Waals surface area contributed by atoms with Gasteiger partial charge < -0.3 is 24.7 Å². The molecule has 4 aromatic rings. The van der Waals surface area contributed by atoms with Gasteiger partial charge in [0.05, 0.1) is 24.5 Å². The quantitative estimate of drug-likeness (QED) is 0.178. The first-order chi connectivity index (χ1) is 17.4. The minimum Gasteiger partial charge on any atom is -0.548 e. The van der Waals surface area contributed by atoms with Gasteiger partial charge in [0, 0.05) is 23.9 Å². The van der Waals surface area contributed by atoms with E-state index in [-0.39, 0.29) is 65.5 Å². The molecule has 0 aliphatic heterocycles. The summed E-state index contributed by atoms with van der Waals surface area (Å²) in [4.78, 5) is 40.8. The zero-order valence-electron chi connectivity index (χ0n) is 21.1. The predicted octanol–water partition coefficient (Wildman–Crippen LogP) is -4.80. The van der Waals surface area contributed by atoms with Gasteiger partial charge in [0.1, 0.15) is 0 Å². The number of aliphatic carboxylic acids is 2. The Morgan fingerprint density at radius 1 is 0.816 bits per heavy atom. The average Bonchev–Trinajstić information content (AvgIpc) is 2.89. The Morgan fingerprint density at radius 2 is 1.45 bits per heavy atom.